The molecule has 0 amide bonds. The van der Waals surface area contributed by atoms with Gasteiger partial charge in [-0.1, -0.05) is 31.0 Å². The van der Waals surface area contributed by atoms with Gasteiger partial charge in [-0.3, -0.25) is 4.99 Å². The summed E-state index contributed by atoms with van der Waals surface area (Å²) in [5.41, 5.74) is 1.13. The van der Waals surface area contributed by atoms with Gasteiger partial charge in [-0.15, -0.1) is 24.0 Å². The van der Waals surface area contributed by atoms with E-state index in [0.717, 1.165) is 36.8 Å². The van der Waals surface area contributed by atoms with E-state index in [1.165, 1.54) is 25.7 Å². The Bertz CT molecular complexity index is 505. The minimum absolute atomic E-state index is 0. The summed E-state index contributed by atoms with van der Waals surface area (Å²) in [4.78, 5) is 4.27. The summed E-state index contributed by atoms with van der Waals surface area (Å²) >= 11 is 0. The largest absolute Gasteiger partial charge is 0.494 e. The molecule has 0 spiro atoms. The van der Waals surface area contributed by atoms with Crippen LogP contribution in [0.3, 0.4) is 0 Å². The zero-order valence-corrected chi connectivity index (χ0v) is 17.8. The summed E-state index contributed by atoms with van der Waals surface area (Å²) < 4.78 is 11.5. The Morgan fingerprint density at radius 1 is 1.20 bits per heavy atom. The Kier molecular flexibility index (Phi) is 11.6. The Morgan fingerprint density at radius 3 is 2.68 bits per heavy atom. The van der Waals surface area contributed by atoms with Crippen molar-refractivity contribution in [2.75, 3.05) is 26.8 Å². The molecule has 0 aliphatic heterocycles. The van der Waals surface area contributed by atoms with Crippen molar-refractivity contribution in [2.24, 2.45) is 4.99 Å². The number of nitrogens with zero attached hydrogens (tertiary/aromatic N) is 1. The highest BCUT2D eigenvalue weighted by Crippen LogP contribution is 2.20. The molecule has 0 bridgehead atoms. The number of ether oxygens (including phenoxy) is 2. The highest BCUT2D eigenvalue weighted by atomic mass is 127. The molecule has 2 N–H and O–H groups in total. The van der Waals surface area contributed by atoms with Crippen molar-refractivity contribution in [3.63, 3.8) is 0 Å². The van der Waals surface area contributed by atoms with E-state index in [1.807, 2.05) is 25.1 Å². The van der Waals surface area contributed by atoms with Crippen LogP contribution < -0.4 is 15.4 Å². The van der Waals surface area contributed by atoms with E-state index in [2.05, 4.69) is 21.7 Å². The lowest BCUT2D eigenvalue weighted by atomic mass is 10.2. The number of hydrogen-bond acceptors (Lipinski definition) is 3. The first kappa shape index (κ1) is 22.0. The molecule has 0 heterocycles. The van der Waals surface area contributed by atoms with Gasteiger partial charge in [0.15, 0.2) is 5.96 Å². The average Bonchev–Trinajstić information content (AvgIpc) is 3.12. The molecule has 0 saturated heterocycles. The Hall–Kier alpha value is -1.02. The predicted molar refractivity (Wildman–Crippen MR) is 114 cm³/mol. The summed E-state index contributed by atoms with van der Waals surface area (Å²) in [6, 6.07) is 8.08. The zero-order valence-electron chi connectivity index (χ0n) is 15.4. The molecule has 0 atom stereocenters. The fraction of sp³-hybridized carbons (Fsp3) is 0.632. The first-order valence-electron chi connectivity index (χ1n) is 9.10. The van der Waals surface area contributed by atoms with Crippen molar-refractivity contribution < 1.29 is 9.47 Å². The van der Waals surface area contributed by atoms with Crippen LogP contribution in [-0.4, -0.2) is 38.9 Å². The van der Waals surface area contributed by atoms with Crippen LogP contribution in [0.25, 0.3) is 0 Å². The van der Waals surface area contributed by atoms with Crippen LogP contribution in [0.4, 0.5) is 0 Å². The van der Waals surface area contributed by atoms with Gasteiger partial charge in [-0.25, -0.2) is 0 Å². The number of halogens is 1. The first-order chi connectivity index (χ1) is 11.8. The third-order valence-corrected chi connectivity index (χ3v) is 4.21. The van der Waals surface area contributed by atoms with Crippen LogP contribution in [0, 0.1) is 0 Å². The smallest absolute Gasteiger partial charge is 0.191 e. The van der Waals surface area contributed by atoms with E-state index < -0.39 is 0 Å². The van der Waals surface area contributed by atoms with Crippen LogP contribution in [-0.2, 0) is 11.3 Å². The number of rotatable bonds is 9. The van der Waals surface area contributed by atoms with Crippen LogP contribution in [0.15, 0.2) is 29.3 Å². The van der Waals surface area contributed by atoms with Crippen molar-refractivity contribution in [3.8, 4) is 5.75 Å². The summed E-state index contributed by atoms with van der Waals surface area (Å²) in [7, 11) is 1.79. The number of aliphatic imine (C=N–C) groups is 1. The molecule has 1 aliphatic carbocycles. The van der Waals surface area contributed by atoms with Gasteiger partial charge in [-0.05, 0) is 32.3 Å². The summed E-state index contributed by atoms with van der Waals surface area (Å²) in [5.74, 6) is 1.73. The second-order valence-corrected chi connectivity index (χ2v) is 6.02. The lowest BCUT2D eigenvalue weighted by molar-refractivity contribution is 0.0574. The molecule has 25 heavy (non-hydrogen) atoms. The van der Waals surface area contributed by atoms with Gasteiger partial charge in [-0.2, -0.15) is 0 Å². The quantitative estimate of drug-likeness (QED) is 0.255. The number of guanidine groups is 1. The van der Waals surface area contributed by atoms with Gasteiger partial charge in [0, 0.05) is 32.3 Å². The van der Waals surface area contributed by atoms with Gasteiger partial charge in [0.25, 0.3) is 0 Å². The summed E-state index contributed by atoms with van der Waals surface area (Å²) in [6.45, 7) is 5.04. The minimum Gasteiger partial charge on any atom is -0.494 e. The maximum atomic E-state index is 5.87. The second-order valence-electron chi connectivity index (χ2n) is 6.02. The molecular weight excluding hydrogens is 429 g/mol. The van der Waals surface area contributed by atoms with Gasteiger partial charge in [0.2, 0.25) is 0 Å². The maximum Gasteiger partial charge on any atom is 0.191 e. The molecule has 1 saturated carbocycles. The molecule has 2 rings (SSSR count). The monoisotopic (exact) mass is 461 g/mol. The van der Waals surface area contributed by atoms with Crippen molar-refractivity contribution in [1.29, 1.82) is 0 Å². The molecule has 142 valence electrons. The number of hydrogen-bond donors (Lipinski definition) is 2. The van der Waals surface area contributed by atoms with Gasteiger partial charge >= 0.3 is 0 Å². The molecule has 1 fully saturated rings. The molecule has 6 heteroatoms. The van der Waals surface area contributed by atoms with E-state index in [-0.39, 0.29) is 24.0 Å². The highest BCUT2D eigenvalue weighted by molar-refractivity contribution is 14.0. The van der Waals surface area contributed by atoms with Crippen LogP contribution >= 0.6 is 24.0 Å². The lowest BCUT2D eigenvalue weighted by Gasteiger charge is -2.15. The third-order valence-electron chi connectivity index (χ3n) is 4.21. The van der Waals surface area contributed by atoms with Crippen molar-refractivity contribution >= 4 is 29.9 Å². The Labute approximate surface area is 169 Å². The van der Waals surface area contributed by atoms with Crippen LogP contribution in [0.1, 0.15) is 44.6 Å². The molecular formula is C19H32IN3O2. The van der Waals surface area contributed by atoms with Crippen molar-refractivity contribution in [1.82, 2.24) is 10.6 Å². The van der Waals surface area contributed by atoms with Gasteiger partial charge in [0.1, 0.15) is 5.75 Å². The highest BCUT2D eigenvalue weighted by Gasteiger charge is 2.14. The SMILES string of the molecule is CCOc1ccccc1CNC(=NC)NCCCOC1CCCC1.I. The van der Waals surface area contributed by atoms with E-state index in [1.54, 1.807) is 7.05 Å². The normalized spacial score (nSPS) is 14.9. The Morgan fingerprint density at radius 2 is 1.96 bits per heavy atom. The minimum atomic E-state index is 0. The fourth-order valence-electron chi connectivity index (χ4n) is 2.93. The number of benzene rings is 1. The molecule has 1 aliphatic rings. The summed E-state index contributed by atoms with van der Waals surface area (Å²) in [5, 5.41) is 6.67. The Balaban J connectivity index is 0.00000312. The molecule has 0 radical (unpaired) electrons. The average molecular weight is 461 g/mol. The predicted octanol–water partition coefficient (Wildman–Crippen LogP) is 3.72. The number of nitrogens with one attached hydrogen (secondary N) is 2. The van der Waals surface area contributed by atoms with E-state index >= 15 is 0 Å². The lowest BCUT2D eigenvalue weighted by Crippen LogP contribution is -2.37. The van der Waals surface area contributed by atoms with Gasteiger partial charge in [0.05, 0.1) is 12.7 Å². The second kappa shape index (κ2) is 13.2. The molecule has 1 aromatic carbocycles. The van der Waals surface area contributed by atoms with E-state index in [9.17, 15) is 0 Å². The molecule has 0 aromatic heterocycles. The van der Waals surface area contributed by atoms with Gasteiger partial charge < -0.3 is 20.1 Å². The maximum absolute atomic E-state index is 5.87. The van der Waals surface area contributed by atoms with Crippen molar-refractivity contribution in [3.05, 3.63) is 29.8 Å². The van der Waals surface area contributed by atoms with Crippen LogP contribution in [0.2, 0.25) is 0 Å². The van der Waals surface area contributed by atoms with Crippen LogP contribution in [0.5, 0.6) is 5.75 Å². The molecule has 5 nitrogen and oxygen atoms in total. The number of para-hydroxylation sites is 1. The van der Waals surface area contributed by atoms with Crippen molar-refractivity contribution in [2.45, 2.75) is 51.7 Å². The molecule has 1 aromatic rings. The first-order valence-corrected chi connectivity index (χ1v) is 9.10. The zero-order chi connectivity index (χ0) is 17.0. The molecule has 0 unspecified atom stereocenters. The van der Waals surface area contributed by atoms with E-state index in [0.29, 0.717) is 19.3 Å². The third kappa shape index (κ3) is 8.27. The topological polar surface area (TPSA) is 54.9 Å². The van der Waals surface area contributed by atoms with E-state index in [4.69, 9.17) is 9.47 Å². The summed E-state index contributed by atoms with van der Waals surface area (Å²) in [6.07, 6.45) is 6.60. The standard InChI is InChI=1S/C19H31N3O2.HI/c1-3-23-18-12-7-4-9-16(18)15-22-19(20-2)21-13-8-14-24-17-10-5-6-11-17;/h4,7,9,12,17H,3,5-6,8,10-11,13-15H2,1-2H3,(H2,20,21,22);1H. The fourth-order valence-corrected chi connectivity index (χ4v) is 2.93.